The molecule has 0 amide bonds. The van der Waals surface area contributed by atoms with E-state index in [4.69, 9.17) is 14.3 Å². The zero-order valence-corrected chi connectivity index (χ0v) is 13.9. The summed E-state index contributed by atoms with van der Waals surface area (Å²) >= 11 is 0. The normalized spacial score (nSPS) is 20.1. The Bertz CT molecular complexity index is 721. The zero-order chi connectivity index (χ0) is 16.0. The second kappa shape index (κ2) is 5.22. The van der Waals surface area contributed by atoms with Crippen LogP contribution in [0.3, 0.4) is 0 Å². The Hall–Kier alpha value is -1.65. The van der Waals surface area contributed by atoms with Crippen LogP contribution < -0.4 is 0 Å². The quantitative estimate of drug-likeness (QED) is 0.779. The Kier molecular flexibility index (Phi) is 3.62. The van der Waals surface area contributed by atoms with E-state index in [0.717, 1.165) is 16.6 Å². The van der Waals surface area contributed by atoms with Crippen LogP contribution >= 0.6 is 0 Å². The number of hydrogen-bond donors (Lipinski definition) is 0. The fourth-order valence-corrected chi connectivity index (χ4v) is 2.55. The third-order valence-corrected chi connectivity index (χ3v) is 4.64. The summed E-state index contributed by atoms with van der Waals surface area (Å²) < 4.78 is 11.9. The molecule has 114 valence electrons. The first-order valence-electron chi connectivity index (χ1n) is 7.69. The minimum atomic E-state index is -0.334. The Morgan fingerprint density at radius 3 is 2.36 bits per heavy atom. The lowest BCUT2D eigenvalue weighted by atomic mass is 9.89. The molecular weight excluding hydrogens is 273 g/mol. The van der Waals surface area contributed by atoms with Crippen LogP contribution in [0.25, 0.3) is 17.0 Å². The first-order valence-corrected chi connectivity index (χ1v) is 7.69. The van der Waals surface area contributed by atoms with E-state index in [1.54, 1.807) is 0 Å². The van der Waals surface area contributed by atoms with E-state index in [-0.39, 0.29) is 18.3 Å². The lowest BCUT2D eigenvalue weighted by Crippen LogP contribution is -2.41. The van der Waals surface area contributed by atoms with Crippen molar-refractivity contribution in [1.82, 2.24) is 4.98 Å². The monoisotopic (exact) mass is 295 g/mol. The van der Waals surface area contributed by atoms with Crippen molar-refractivity contribution in [3.8, 4) is 0 Å². The van der Waals surface area contributed by atoms with Gasteiger partial charge in [-0.2, -0.15) is 0 Å². The summed E-state index contributed by atoms with van der Waals surface area (Å²) in [6, 6.07) is 10.3. The summed E-state index contributed by atoms with van der Waals surface area (Å²) in [5, 5.41) is 1.16. The van der Waals surface area contributed by atoms with Crippen LogP contribution in [0.2, 0.25) is 0 Å². The van der Waals surface area contributed by atoms with Crippen molar-refractivity contribution in [2.24, 2.45) is 0 Å². The van der Waals surface area contributed by atoms with Crippen LogP contribution in [-0.2, 0) is 9.31 Å². The van der Waals surface area contributed by atoms with Gasteiger partial charge in [0.2, 0.25) is 0 Å². The summed E-state index contributed by atoms with van der Waals surface area (Å²) in [6.45, 7) is 10.3. The maximum atomic E-state index is 5.96. The molecule has 2 heterocycles. The van der Waals surface area contributed by atoms with Crippen molar-refractivity contribution >= 4 is 24.1 Å². The van der Waals surface area contributed by atoms with Gasteiger partial charge < -0.3 is 9.31 Å². The molecule has 4 heteroatoms. The van der Waals surface area contributed by atoms with Gasteiger partial charge >= 0.3 is 7.12 Å². The van der Waals surface area contributed by atoms with Crippen molar-refractivity contribution < 1.29 is 9.31 Å². The number of para-hydroxylation sites is 1. The molecule has 1 aliphatic rings. The molecule has 0 saturated carbocycles. The van der Waals surface area contributed by atoms with E-state index in [2.05, 4.69) is 58.9 Å². The van der Waals surface area contributed by atoms with Crippen molar-refractivity contribution in [2.45, 2.75) is 45.8 Å². The SMILES string of the molecule is Cc1cccc2ccc(/C=C/B3OC(C)(C)C(C)(C)O3)nc12. The van der Waals surface area contributed by atoms with Gasteiger partial charge in [0.15, 0.2) is 0 Å². The topological polar surface area (TPSA) is 31.4 Å². The molecule has 1 aromatic heterocycles. The predicted molar refractivity (Wildman–Crippen MR) is 91.6 cm³/mol. The first-order chi connectivity index (χ1) is 10.3. The van der Waals surface area contributed by atoms with E-state index in [1.807, 2.05) is 18.1 Å². The molecule has 0 bridgehead atoms. The highest BCUT2D eigenvalue weighted by molar-refractivity contribution is 6.52. The molecule has 3 nitrogen and oxygen atoms in total. The fraction of sp³-hybridized carbons (Fsp3) is 0.389. The van der Waals surface area contributed by atoms with Gasteiger partial charge in [-0.15, -0.1) is 0 Å². The Morgan fingerprint density at radius 2 is 1.68 bits per heavy atom. The van der Waals surface area contributed by atoms with E-state index in [1.165, 1.54) is 5.56 Å². The Labute approximate surface area is 132 Å². The Balaban J connectivity index is 1.83. The molecule has 0 atom stereocenters. The lowest BCUT2D eigenvalue weighted by Gasteiger charge is -2.32. The average molecular weight is 295 g/mol. The third-order valence-electron chi connectivity index (χ3n) is 4.64. The van der Waals surface area contributed by atoms with E-state index >= 15 is 0 Å². The Morgan fingerprint density at radius 1 is 1.00 bits per heavy atom. The molecule has 2 aromatic rings. The molecule has 22 heavy (non-hydrogen) atoms. The summed E-state index contributed by atoms with van der Waals surface area (Å²) in [4.78, 5) is 4.71. The van der Waals surface area contributed by atoms with Crippen LogP contribution in [0.1, 0.15) is 39.0 Å². The van der Waals surface area contributed by atoms with Crippen LogP contribution in [-0.4, -0.2) is 23.3 Å². The average Bonchev–Trinajstić information content (AvgIpc) is 2.65. The van der Waals surface area contributed by atoms with E-state index in [9.17, 15) is 0 Å². The van der Waals surface area contributed by atoms with Crippen LogP contribution in [0.4, 0.5) is 0 Å². The largest absolute Gasteiger partial charge is 0.487 e. The van der Waals surface area contributed by atoms with Crippen LogP contribution in [0.15, 0.2) is 36.3 Å². The summed E-state index contributed by atoms with van der Waals surface area (Å²) in [7, 11) is -0.334. The molecule has 1 aliphatic heterocycles. The number of aryl methyl sites for hydroxylation is 1. The first kappa shape index (κ1) is 15.3. The number of nitrogens with zero attached hydrogens (tertiary/aromatic N) is 1. The summed E-state index contributed by atoms with van der Waals surface area (Å²) in [5.41, 5.74) is 2.52. The third kappa shape index (κ3) is 2.69. The second-order valence-corrected chi connectivity index (χ2v) is 6.87. The van der Waals surface area contributed by atoms with Gasteiger partial charge in [-0.05, 0) is 52.3 Å². The van der Waals surface area contributed by atoms with Gasteiger partial charge in [-0.25, -0.2) is 4.98 Å². The van der Waals surface area contributed by atoms with Crippen molar-refractivity contribution in [3.05, 3.63) is 47.6 Å². The fourth-order valence-electron chi connectivity index (χ4n) is 2.55. The highest BCUT2D eigenvalue weighted by Crippen LogP contribution is 2.37. The molecule has 3 rings (SSSR count). The number of fused-ring (bicyclic) bond motifs is 1. The molecule has 0 unspecified atom stereocenters. The molecule has 0 spiro atoms. The second-order valence-electron chi connectivity index (χ2n) is 6.87. The number of benzene rings is 1. The van der Waals surface area contributed by atoms with Crippen molar-refractivity contribution in [3.63, 3.8) is 0 Å². The van der Waals surface area contributed by atoms with Gasteiger partial charge in [-0.1, -0.05) is 30.2 Å². The molecule has 0 radical (unpaired) electrons. The minimum absolute atomic E-state index is 0.310. The molecule has 1 aromatic carbocycles. The van der Waals surface area contributed by atoms with Gasteiger partial charge in [0, 0.05) is 5.39 Å². The van der Waals surface area contributed by atoms with Gasteiger partial charge in [0.1, 0.15) is 0 Å². The number of aromatic nitrogens is 1. The minimum Gasteiger partial charge on any atom is -0.400 e. The molecule has 0 aliphatic carbocycles. The lowest BCUT2D eigenvalue weighted by molar-refractivity contribution is 0.00578. The maximum absolute atomic E-state index is 5.96. The van der Waals surface area contributed by atoms with Crippen molar-refractivity contribution in [1.29, 1.82) is 0 Å². The van der Waals surface area contributed by atoms with Crippen LogP contribution in [0.5, 0.6) is 0 Å². The predicted octanol–water partition coefficient (Wildman–Crippen LogP) is 4.19. The number of rotatable bonds is 2. The summed E-state index contributed by atoms with van der Waals surface area (Å²) in [5.74, 6) is 1.93. The number of hydrogen-bond acceptors (Lipinski definition) is 3. The molecule has 1 saturated heterocycles. The maximum Gasteiger partial charge on any atom is 0.487 e. The van der Waals surface area contributed by atoms with E-state index in [0.29, 0.717) is 0 Å². The van der Waals surface area contributed by atoms with Crippen molar-refractivity contribution in [2.75, 3.05) is 0 Å². The molecule has 0 N–H and O–H groups in total. The van der Waals surface area contributed by atoms with E-state index < -0.39 is 0 Å². The highest BCUT2D eigenvalue weighted by Gasteiger charge is 2.49. The summed E-state index contributed by atoms with van der Waals surface area (Å²) in [6.07, 6.45) is 1.97. The van der Waals surface area contributed by atoms with Crippen LogP contribution in [0, 0.1) is 6.92 Å². The highest BCUT2D eigenvalue weighted by atomic mass is 16.7. The van der Waals surface area contributed by atoms with Gasteiger partial charge in [0.05, 0.1) is 22.4 Å². The zero-order valence-electron chi connectivity index (χ0n) is 13.9. The smallest absolute Gasteiger partial charge is 0.400 e. The standard InChI is InChI=1S/C18H22BNO2/c1-13-7-6-8-14-9-10-15(20-16(13)14)11-12-19-21-17(2,3)18(4,5)22-19/h6-12H,1-5H3/b12-11+. The molecular formula is C18H22BNO2. The van der Waals surface area contributed by atoms with Gasteiger partial charge in [-0.3, -0.25) is 0 Å². The molecule has 1 fully saturated rings. The van der Waals surface area contributed by atoms with Gasteiger partial charge in [0.25, 0.3) is 0 Å². The number of pyridine rings is 1.